The van der Waals surface area contributed by atoms with E-state index in [1.807, 2.05) is 30.3 Å². The maximum Gasteiger partial charge on any atom is 0.231 e. The molecule has 1 fully saturated rings. The summed E-state index contributed by atoms with van der Waals surface area (Å²) in [5.41, 5.74) is 1.12. The summed E-state index contributed by atoms with van der Waals surface area (Å²) < 4.78 is 30.3. The van der Waals surface area contributed by atoms with Crippen LogP contribution in [0.2, 0.25) is 0 Å². The van der Waals surface area contributed by atoms with Gasteiger partial charge in [-0.15, -0.1) is 12.4 Å². The zero-order chi connectivity index (χ0) is 20.1. The zero-order valence-corrected chi connectivity index (χ0v) is 17.8. The van der Waals surface area contributed by atoms with Gasteiger partial charge >= 0.3 is 0 Å². The Bertz CT molecular complexity index is 769. The van der Waals surface area contributed by atoms with E-state index in [9.17, 15) is 4.39 Å². The van der Waals surface area contributed by atoms with Gasteiger partial charge in [0.25, 0.3) is 0 Å². The monoisotopic (exact) mass is 425 g/mol. The van der Waals surface area contributed by atoms with Crippen LogP contribution in [0, 0.1) is 5.82 Å². The molecule has 5 nitrogen and oxygen atoms in total. The van der Waals surface area contributed by atoms with E-state index in [4.69, 9.17) is 19.3 Å². The lowest BCUT2D eigenvalue weighted by Crippen LogP contribution is -2.43. The van der Waals surface area contributed by atoms with E-state index in [1.54, 1.807) is 13.8 Å². The van der Waals surface area contributed by atoms with Gasteiger partial charge in [0.15, 0.2) is 11.5 Å². The van der Waals surface area contributed by atoms with Gasteiger partial charge in [0.05, 0.1) is 0 Å². The molecule has 2 aliphatic heterocycles. The number of rotatable bonds is 3. The van der Waals surface area contributed by atoms with Crippen LogP contribution < -0.4 is 14.2 Å². The average molecular weight is 426 g/mol. The molecule has 0 amide bonds. The highest BCUT2D eigenvalue weighted by molar-refractivity contribution is 5.85. The zero-order valence-electron chi connectivity index (χ0n) is 17.0. The Hall–Kier alpha value is -2.02. The van der Waals surface area contributed by atoms with Crippen molar-refractivity contribution in [1.29, 1.82) is 0 Å². The topological polar surface area (TPSA) is 51.2 Å². The van der Waals surface area contributed by atoms with Gasteiger partial charge in [0.2, 0.25) is 6.79 Å². The summed E-state index contributed by atoms with van der Waals surface area (Å²) in [5.74, 6) is 2.27. The molecular formula is C22H29ClFNO4. The van der Waals surface area contributed by atoms with Crippen LogP contribution in [0.25, 0.3) is 0 Å². The van der Waals surface area contributed by atoms with Crippen molar-refractivity contribution in [3.63, 3.8) is 0 Å². The van der Waals surface area contributed by atoms with E-state index < -0.39 is 0 Å². The number of halogens is 2. The quantitative estimate of drug-likeness (QED) is 0.797. The lowest BCUT2D eigenvalue weighted by molar-refractivity contribution is 0.0828. The van der Waals surface area contributed by atoms with Crippen LogP contribution >= 0.6 is 12.4 Å². The average Bonchev–Trinajstić information content (AvgIpc) is 3.10. The summed E-state index contributed by atoms with van der Waals surface area (Å²) in [7, 11) is 2.09. The minimum atomic E-state index is -0.208. The number of ether oxygens (including phenoxy) is 3. The number of likely N-dealkylation sites (tertiary alicyclic amines) is 1. The molecule has 160 valence electrons. The van der Waals surface area contributed by atoms with Gasteiger partial charge in [-0.1, -0.05) is 12.1 Å². The highest BCUT2D eigenvalue weighted by Crippen LogP contribution is 2.37. The number of likely N-dealkylation sites (N-methyl/N-ethyl adjacent to an activating group) is 1. The fourth-order valence-corrected chi connectivity index (χ4v) is 3.41. The number of aliphatic hydroxyl groups is 1. The Morgan fingerprint density at radius 3 is 2.45 bits per heavy atom. The molecule has 0 aromatic heterocycles. The van der Waals surface area contributed by atoms with E-state index in [2.05, 4.69) is 11.9 Å². The maximum atomic E-state index is 13.2. The lowest BCUT2D eigenvalue weighted by Gasteiger charge is -2.37. The molecule has 1 N–H and O–H groups in total. The fraction of sp³-hybridized carbons (Fsp3) is 0.455. The van der Waals surface area contributed by atoms with E-state index in [0.717, 1.165) is 42.3 Å². The van der Waals surface area contributed by atoms with Crippen molar-refractivity contribution in [3.05, 3.63) is 53.8 Å². The predicted octanol–water partition coefficient (Wildman–Crippen LogP) is 4.23. The van der Waals surface area contributed by atoms with Gasteiger partial charge in [0.1, 0.15) is 17.7 Å². The molecule has 2 aromatic rings. The van der Waals surface area contributed by atoms with Crippen molar-refractivity contribution in [1.82, 2.24) is 4.90 Å². The summed E-state index contributed by atoms with van der Waals surface area (Å²) in [6, 6.07) is 12.4. The van der Waals surface area contributed by atoms with E-state index >= 15 is 0 Å². The summed E-state index contributed by atoms with van der Waals surface area (Å²) in [6.07, 6.45) is 0.826. The molecule has 4 rings (SSSR count). The molecule has 2 atom stereocenters. The Morgan fingerprint density at radius 2 is 1.76 bits per heavy atom. The molecule has 0 saturated carbocycles. The minimum absolute atomic E-state index is 0. The standard InChI is InChI=1S/C19H20FNO3.C3H8O.ClH/c1-21-9-8-16(13-2-4-14(20)5-3-13)19(11-21)24-15-6-7-17-18(10-15)23-12-22-17;1-3(2)4;/h2-7,10,16,19H,8-9,11-12H2,1H3;3-4H,1-2H3;1H. The third-order valence-corrected chi connectivity index (χ3v) is 4.69. The molecule has 0 aliphatic carbocycles. The first-order chi connectivity index (χ1) is 13.4. The lowest BCUT2D eigenvalue weighted by atomic mass is 9.87. The van der Waals surface area contributed by atoms with Crippen molar-refractivity contribution < 1.29 is 23.7 Å². The van der Waals surface area contributed by atoms with Crippen LogP contribution in [0.15, 0.2) is 42.5 Å². The first kappa shape index (κ1) is 23.3. The Balaban J connectivity index is 0.000000552. The largest absolute Gasteiger partial charge is 0.488 e. The van der Waals surface area contributed by atoms with Crippen molar-refractivity contribution >= 4 is 12.4 Å². The van der Waals surface area contributed by atoms with Gasteiger partial charge < -0.3 is 24.2 Å². The van der Waals surface area contributed by atoms with Crippen LogP contribution in [0.4, 0.5) is 4.39 Å². The van der Waals surface area contributed by atoms with Crippen LogP contribution in [0.1, 0.15) is 31.7 Å². The van der Waals surface area contributed by atoms with Crippen molar-refractivity contribution in [2.24, 2.45) is 0 Å². The Morgan fingerprint density at radius 1 is 1.10 bits per heavy atom. The molecule has 2 unspecified atom stereocenters. The third kappa shape index (κ3) is 6.49. The maximum absolute atomic E-state index is 13.2. The number of aliphatic hydroxyl groups excluding tert-OH is 1. The SMILES string of the molecule is CC(C)O.CN1CCC(c2ccc(F)cc2)C(Oc2ccc3c(c2)OCO3)C1.Cl. The Kier molecular flexibility index (Phi) is 8.56. The van der Waals surface area contributed by atoms with Gasteiger partial charge in [-0.05, 0) is 63.7 Å². The molecule has 7 heteroatoms. The number of nitrogens with zero attached hydrogens (tertiary/aromatic N) is 1. The number of hydrogen-bond acceptors (Lipinski definition) is 5. The Labute approximate surface area is 177 Å². The third-order valence-electron chi connectivity index (χ3n) is 4.69. The summed E-state index contributed by atoms with van der Waals surface area (Å²) in [4.78, 5) is 2.26. The molecule has 29 heavy (non-hydrogen) atoms. The van der Waals surface area contributed by atoms with Crippen LogP contribution in [-0.4, -0.2) is 49.1 Å². The highest BCUT2D eigenvalue weighted by atomic mass is 35.5. The minimum Gasteiger partial charge on any atom is -0.488 e. The highest BCUT2D eigenvalue weighted by Gasteiger charge is 2.31. The van der Waals surface area contributed by atoms with E-state index in [-0.39, 0.29) is 43.1 Å². The van der Waals surface area contributed by atoms with Gasteiger partial charge in [-0.2, -0.15) is 0 Å². The number of benzene rings is 2. The molecule has 0 spiro atoms. The molecular weight excluding hydrogens is 397 g/mol. The van der Waals surface area contributed by atoms with Gasteiger partial charge in [0, 0.05) is 24.6 Å². The second-order valence-electron chi connectivity index (χ2n) is 7.47. The smallest absolute Gasteiger partial charge is 0.231 e. The number of piperidine rings is 1. The molecule has 1 saturated heterocycles. The molecule has 0 radical (unpaired) electrons. The van der Waals surface area contributed by atoms with Crippen molar-refractivity contribution in [3.8, 4) is 17.2 Å². The molecule has 0 bridgehead atoms. The molecule has 2 heterocycles. The summed E-state index contributed by atoms with van der Waals surface area (Å²) in [5, 5.41) is 8.06. The summed E-state index contributed by atoms with van der Waals surface area (Å²) >= 11 is 0. The summed E-state index contributed by atoms with van der Waals surface area (Å²) in [6.45, 7) is 5.53. The predicted molar refractivity (Wildman–Crippen MR) is 113 cm³/mol. The van der Waals surface area contributed by atoms with Crippen molar-refractivity contribution in [2.75, 3.05) is 26.9 Å². The number of fused-ring (bicyclic) bond motifs is 1. The van der Waals surface area contributed by atoms with Crippen molar-refractivity contribution in [2.45, 2.75) is 38.4 Å². The van der Waals surface area contributed by atoms with Crippen LogP contribution in [0.3, 0.4) is 0 Å². The first-order valence-corrected chi connectivity index (χ1v) is 9.60. The second kappa shape index (κ2) is 10.7. The second-order valence-corrected chi connectivity index (χ2v) is 7.47. The normalized spacial score (nSPS) is 20.5. The van der Waals surface area contributed by atoms with Gasteiger partial charge in [-0.3, -0.25) is 0 Å². The number of hydrogen-bond donors (Lipinski definition) is 1. The van der Waals surface area contributed by atoms with Crippen LogP contribution in [0.5, 0.6) is 17.2 Å². The van der Waals surface area contributed by atoms with Gasteiger partial charge in [-0.25, -0.2) is 4.39 Å². The molecule has 2 aliphatic rings. The molecule has 2 aromatic carbocycles. The van der Waals surface area contributed by atoms with E-state index in [0.29, 0.717) is 0 Å². The fourth-order valence-electron chi connectivity index (χ4n) is 3.41. The van der Waals surface area contributed by atoms with E-state index in [1.165, 1.54) is 12.1 Å². The first-order valence-electron chi connectivity index (χ1n) is 9.60. The van der Waals surface area contributed by atoms with Crippen LogP contribution in [-0.2, 0) is 0 Å².